The maximum absolute atomic E-state index is 5.93. The van der Waals surface area contributed by atoms with E-state index in [0.29, 0.717) is 0 Å². The quantitative estimate of drug-likeness (QED) is 0.627. The standard InChI is InChI=1S/C14H9Cl/c1-2-11-5-3-6-12(9-11)13-7-4-8-14(15)10-13/h1,3-10H. The maximum atomic E-state index is 5.93. The molecule has 0 heterocycles. The minimum absolute atomic E-state index is 0.735. The normalized spacial score (nSPS) is 9.60. The molecule has 1 heteroatoms. The Kier molecular flexibility index (Phi) is 2.76. The summed E-state index contributed by atoms with van der Waals surface area (Å²) < 4.78 is 0. The molecule has 0 aliphatic heterocycles. The number of benzene rings is 2. The largest absolute Gasteiger partial charge is 0.115 e. The monoisotopic (exact) mass is 212 g/mol. The number of hydrogen-bond donors (Lipinski definition) is 0. The molecule has 72 valence electrons. The molecule has 0 unspecified atom stereocenters. The SMILES string of the molecule is C#Cc1cccc(-c2cccc(Cl)c2)c1. The zero-order valence-electron chi connectivity index (χ0n) is 8.07. The molecule has 0 aliphatic carbocycles. The molecule has 0 aromatic heterocycles. The van der Waals surface area contributed by atoms with Crippen LogP contribution >= 0.6 is 11.6 Å². The van der Waals surface area contributed by atoms with Gasteiger partial charge in [0.1, 0.15) is 0 Å². The fraction of sp³-hybridized carbons (Fsp3) is 0. The van der Waals surface area contributed by atoms with Crippen LogP contribution in [0.25, 0.3) is 11.1 Å². The summed E-state index contributed by atoms with van der Waals surface area (Å²) in [5, 5.41) is 0.735. The third-order valence-corrected chi connectivity index (χ3v) is 2.42. The summed E-state index contributed by atoms with van der Waals surface area (Å²) >= 11 is 5.93. The summed E-state index contributed by atoms with van der Waals surface area (Å²) in [5.41, 5.74) is 3.06. The first kappa shape index (κ1) is 9.83. The third-order valence-electron chi connectivity index (χ3n) is 2.19. The van der Waals surface area contributed by atoms with E-state index in [4.69, 9.17) is 18.0 Å². The fourth-order valence-electron chi connectivity index (χ4n) is 1.46. The zero-order chi connectivity index (χ0) is 10.7. The molecular weight excluding hydrogens is 204 g/mol. The molecule has 15 heavy (non-hydrogen) atoms. The average Bonchev–Trinajstić information content (AvgIpc) is 2.29. The Hall–Kier alpha value is -1.71. The highest BCUT2D eigenvalue weighted by atomic mass is 35.5. The third kappa shape index (κ3) is 2.21. The number of rotatable bonds is 1. The van der Waals surface area contributed by atoms with E-state index in [1.165, 1.54) is 0 Å². The van der Waals surface area contributed by atoms with Gasteiger partial charge in [-0.3, -0.25) is 0 Å². The Bertz CT molecular complexity index is 521. The van der Waals surface area contributed by atoms with Crippen LogP contribution in [0.1, 0.15) is 5.56 Å². The molecule has 0 saturated heterocycles. The highest BCUT2D eigenvalue weighted by Gasteiger charge is 1.98. The predicted molar refractivity (Wildman–Crippen MR) is 64.8 cm³/mol. The number of terminal acetylenes is 1. The van der Waals surface area contributed by atoms with Gasteiger partial charge in [0.25, 0.3) is 0 Å². The van der Waals surface area contributed by atoms with Crippen LogP contribution in [0.15, 0.2) is 48.5 Å². The Morgan fingerprint density at radius 1 is 0.933 bits per heavy atom. The summed E-state index contributed by atoms with van der Waals surface area (Å²) in [6.07, 6.45) is 5.35. The Labute approximate surface area is 94.5 Å². The summed E-state index contributed by atoms with van der Waals surface area (Å²) in [5.74, 6) is 2.62. The van der Waals surface area contributed by atoms with Crippen LogP contribution in [0.3, 0.4) is 0 Å². The van der Waals surface area contributed by atoms with Gasteiger partial charge in [-0.2, -0.15) is 0 Å². The smallest absolute Gasteiger partial charge is 0.0412 e. The molecule has 2 aromatic carbocycles. The van der Waals surface area contributed by atoms with Crippen LogP contribution < -0.4 is 0 Å². The van der Waals surface area contributed by atoms with Crippen LogP contribution in [-0.4, -0.2) is 0 Å². The lowest BCUT2D eigenvalue weighted by Crippen LogP contribution is -1.79. The summed E-state index contributed by atoms with van der Waals surface area (Å²) in [6, 6.07) is 15.6. The first-order valence-corrected chi connectivity index (χ1v) is 5.00. The average molecular weight is 213 g/mol. The molecule has 0 bridgehead atoms. The summed E-state index contributed by atoms with van der Waals surface area (Å²) in [6.45, 7) is 0. The van der Waals surface area contributed by atoms with Crippen LogP contribution in [0, 0.1) is 12.3 Å². The molecule has 2 rings (SSSR count). The second-order valence-electron chi connectivity index (χ2n) is 3.24. The molecule has 0 aliphatic rings. The van der Waals surface area contributed by atoms with Gasteiger partial charge in [-0.25, -0.2) is 0 Å². The van der Waals surface area contributed by atoms with E-state index in [2.05, 4.69) is 5.92 Å². The topological polar surface area (TPSA) is 0 Å². The minimum Gasteiger partial charge on any atom is -0.115 e. The lowest BCUT2D eigenvalue weighted by Gasteiger charge is -2.02. The van der Waals surface area contributed by atoms with Crippen molar-refractivity contribution in [3.05, 3.63) is 59.1 Å². The van der Waals surface area contributed by atoms with Crippen molar-refractivity contribution in [2.45, 2.75) is 0 Å². The highest BCUT2D eigenvalue weighted by molar-refractivity contribution is 6.30. The van der Waals surface area contributed by atoms with E-state index in [1.807, 2.05) is 48.5 Å². The molecule has 0 saturated carbocycles. The van der Waals surface area contributed by atoms with Gasteiger partial charge in [0.05, 0.1) is 0 Å². The number of halogens is 1. The van der Waals surface area contributed by atoms with Gasteiger partial charge in [-0.1, -0.05) is 41.8 Å². The highest BCUT2D eigenvalue weighted by Crippen LogP contribution is 2.23. The molecule has 0 fully saturated rings. The Morgan fingerprint density at radius 3 is 2.27 bits per heavy atom. The lowest BCUT2D eigenvalue weighted by atomic mass is 10.0. The van der Waals surface area contributed by atoms with Crippen molar-refractivity contribution in [1.29, 1.82) is 0 Å². The maximum Gasteiger partial charge on any atom is 0.0412 e. The second-order valence-corrected chi connectivity index (χ2v) is 3.67. The van der Waals surface area contributed by atoms with E-state index >= 15 is 0 Å². The van der Waals surface area contributed by atoms with Crippen molar-refractivity contribution in [3.63, 3.8) is 0 Å². The van der Waals surface area contributed by atoms with Crippen molar-refractivity contribution >= 4 is 11.6 Å². The van der Waals surface area contributed by atoms with E-state index in [9.17, 15) is 0 Å². The van der Waals surface area contributed by atoms with E-state index < -0.39 is 0 Å². The second kappa shape index (κ2) is 4.21. The van der Waals surface area contributed by atoms with Gasteiger partial charge in [0, 0.05) is 10.6 Å². The van der Waals surface area contributed by atoms with E-state index in [1.54, 1.807) is 0 Å². The van der Waals surface area contributed by atoms with Crippen molar-refractivity contribution < 1.29 is 0 Å². The van der Waals surface area contributed by atoms with E-state index in [0.717, 1.165) is 21.7 Å². The number of hydrogen-bond acceptors (Lipinski definition) is 0. The van der Waals surface area contributed by atoms with Crippen molar-refractivity contribution in [1.82, 2.24) is 0 Å². The molecule has 0 amide bonds. The lowest BCUT2D eigenvalue weighted by molar-refractivity contribution is 1.59. The molecule has 0 nitrogen and oxygen atoms in total. The van der Waals surface area contributed by atoms with Gasteiger partial charge in [-0.15, -0.1) is 6.42 Å². The molecule has 0 spiro atoms. The molecule has 0 atom stereocenters. The molecule has 0 radical (unpaired) electrons. The van der Waals surface area contributed by atoms with Gasteiger partial charge < -0.3 is 0 Å². The van der Waals surface area contributed by atoms with Crippen LogP contribution in [0.5, 0.6) is 0 Å². The fourth-order valence-corrected chi connectivity index (χ4v) is 1.65. The Balaban J connectivity index is 2.50. The van der Waals surface area contributed by atoms with Crippen molar-refractivity contribution in [2.75, 3.05) is 0 Å². The van der Waals surface area contributed by atoms with Gasteiger partial charge in [-0.05, 0) is 35.4 Å². The van der Waals surface area contributed by atoms with Gasteiger partial charge >= 0.3 is 0 Å². The van der Waals surface area contributed by atoms with Gasteiger partial charge in [0.15, 0.2) is 0 Å². The van der Waals surface area contributed by atoms with Crippen molar-refractivity contribution in [3.8, 4) is 23.5 Å². The van der Waals surface area contributed by atoms with Crippen LogP contribution in [0.2, 0.25) is 5.02 Å². The van der Waals surface area contributed by atoms with Crippen LogP contribution in [0.4, 0.5) is 0 Å². The summed E-state index contributed by atoms with van der Waals surface area (Å²) in [7, 11) is 0. The van der Waals surface area contributed by atoms with E-state index in [-0.39, 0.29) is 0 Å². The minimum atomic E-state index is 0.735. The van der Waals surface area contributed by atoms with Crippen LogP contribution in [-0.2, 0) is 0 Å². The molecule has 2 aromatic rings. The first-order valence-electron chi connectivity index (χ1n) is 4.62. The zero-order valence-corrected chi connectivity index (χ0v) is 8.83. The van der Waals surface area contributed by atoms with Crippen molar-refractivity contribution in [2.24, 2.45) is 0 Å². The molecule has 0 N–H and O–H groups in total. The first-order chi connectivity index (χ1) is 7.29. The van der Waals surface area contributed by atoms with Gasteiger partial charge in [0.2, 0.25) is 0 Å². The summed E-state index contributed by atoms with van der Waals surface area (Å²) in [4.78, 5) is 0. The Morgan fingerprint density at radius 2 is 1.60 bits per heavy atom. The molecular formula is C14H9Cl. The predicted octanol–water partition coefficient (Wildman–Crippen LogP) is 3.99.